The molecule has 3 aromatic rings. The molecule has 0 aliphatic heterocycles. The van der Waals surface area contributed by atoms with Gasteiger partial charge in [0.05, 0.1) is 0 Å². The van der Waals surface area contributed by atoms with Gasteiger partial charge < -0.3 is 10.2 Å². The van der Waals surface area contributed by atoms with Crippen LogP contribution in [0.3, 0.4) is 0 Å². The number of carbonyl (C=O) groups excluding carboxylic acids is 2. The first-order chi connectivity index (χ1) is 17.5. The first kappa shape index (κ1) is 28.3. The molecule has 36 heavy (non-hydrogen) atoms. The number of hydrogen-bond acceptors (Lipinski definition) is 3. The van der Waals surface area contributed by atoms with Gasteiger partial charge in [0, 0.05) is 40.3 Å². The molecule has 1 N–H and O–H groups in total. The lowest BCUT2D eigenvalue weighted by Crippen LogP contribution is -2.50. The summed E-state index contributed by atoms with van der Waals surface area (Å²) in [5.74, 6) is 0.683. The minimum absolute atomic E-state index is 0.0146. The average Bonchev–Trinajstić information content (AvgIpc) is 2.88. The van der Waals surface area contributed by atoms with Gasteiger partial charge in [0.1, 0.15) is 6.04 Å². The van der Waals surface area contributed by atoms with Gasteiger partial charge in [0.25, 0.3) is 0 Å². The molecule has 4 nitrogen and oxygen atoms in total. The van der Waals surface area contributed by atoms with E-state index in [0.717, 1.165) is 39.1 Å². The fourth-order valence-electron chi connectivity index (χ4n) is 3.84. The van der Waals surface area contributed by atoms with Gasteiger partial charge in [0.15, 0.2) is 0 Å². The molecule has 0 radical (unpaired) electrons. The van der Waals surface area contributed by atoms with E-state index in [-0.39, 0.29) is 11.8 Å². The Kier molecular flexibility index (Phi) is 11.9. The van der Waals surface area contributed by atoms with Gasteiger partial charge in [-0.1, -0.05) is 76.9 Å². The van der Waals surface area contributed by atoms with Gasteiger partial charge >= 0.3 is 0 Å². The molecule has 0 aliphatic carbocycles. The Morgan fingerprint density at radius 2 is 1.72 bits per heavy atom. The monoisotopic (exact) mass is 586 g/mol. The van der Waals surface area contributed by atoms with Gasteiger partial charge in [-0.3, -0.25) is 9.59 Å². The van der Waals surface area contributed by atoms with Crippen molar-refractivity contribution in [2.24, 2.45) is 0 Å². The Balaban J connectivity index is 1.77. The van der Waals surface area contributed by atoms with Gasteiger partial charge in [-0.25, -0.2) is 0 Å². The van der Waals surface area contributed by atoms with Gasteiger partial charge in [-0.05, 0) is 66.1 Å². The van der Waals surface area contributed by atoms with E-state index in [1.165, 1.54) is 0 Å². The molecular weight excluding hydrogens is 556 g/mol. The summed E-state index contributed by atoms with van der Waals surface area (Å²) in [6.07, 6.45) is 2.40. The van der Waals surface area contributed by atoms with Crippen LogP contribution in [0.5, 0.6) is 0 Å². The van der Waals surface area contributed by atoms with Crippen LogP contribution in [0.4, 0.5) is 0 Å². The topological polar surface area (TPSA) is 49.4 Å². The lowest BCUT2D eigenvalue weighted by Gasteiger charge is -2.31. The fraction of sp³-hybridized carbons (Fsp3) is 0.310. The smallest absolute Gasteiger partial charge is 0.243 e. The summed E-state index contributed by atoms with van der Waals surface area (Å²) in [5.41, 5.74) is 2.01. The van der Waals surface area contributed by atoms with Crippen LogP contribution in [0.15, 0.2) is 88.2 Å². The summed E-state index contributed by atoms with van der Waals surface area (Å²) in [5, 5.41) is 3.73. The van der Waals surface area contributed by atoms with E-state index in [4.69, 9.17) is 11.6 Å². The first-order valence-electron chi connectivity index (χ1n) is 12.2. The van der Waals surface area contributed by atoms with Gasteiger partial charge in [0.2, 0.25) is 11.8 Å². The van der Waals surface area contributed by atoms with Crippen LogP contribution in [0.2, 0.25) is 5.02 Å². The van der Waals surface area contributed by atoms with E-state index in [1.54, 1.807) is 16.7 Å². The summed E-state index contributed by atoms with van der Waals surface area (Å²) in [6, 6.07) is 24.9. The second-order valence-corrected chi connectivity index (χ2v) is 11.1. The Morgan fingerprint density at radius 1 is 1.00 bits per heavy atom. The number of thioether (sulfide) groups is 1. The van der Waals surface area contributed by atoms with Crippen molar-refractivity contribution < 1.29 is 9.59 Å². The fourth-order valence-corrected chi connectivity index (χ4v) is 5.27. The van der Waals surface area contributed by atoms with Crippen molar-refractivity contribution in [3.05, 3.63) is 99.5 Å². The van der Waals surface area contributed by atoms with Crippen molar-refractivity contribution in [3.63, 3.8) is 0 Å². The number of hydrogen-bond donors (Lipinski definition) is 1. The summed E-state index contributed by atoms with van der Waals surface area (Å²) in [6.45, 7) is 2.98. The third-order valence-electron chi connectivity index (χ3n) is 5.68. The van der Waals surface area contributed by atoms with E-state index in [1.807, 2.05) is 85.8 Å². The highest BCUT2D eigenvalue weighted by Gasteiger charge is 2.30. The molecule has 0 spiro atoms. The number of carbonyl (C=O) groups is 2. The van der Waals surface area contributed by atoms with Gasteiger partial charge in [-0.2, -0.15) is 0 Å². The van der Waals surface area contributed by atoms with Crippen molar-refractivity contribution in [1.29, 1.82) is 0 Å². The van der Waals surface area contributed by atoms with E-state index in [2.05, 4.69) is 21.2 Å². The number of amides is 2. The van der Waals surface area contributed by atoms with Crippen molar-refractivity contribution in [3.8, 4) is 0 Å². The zero-order valence-electron chi connectivity index (χ0n) is 20.5. The van der Waals surface area contributed by atoms with Crippen molar-refractivity contribution >= 4 is 51.1 Å². The predicted molar refractivity (Wildman–Crippen MR) is 153 cm³/mol. The highest BCUT2D eigenvalue weighted by Crippen LogP contribution is 2.23. The van der Waals surface area contributed by atoms with Crippen LogP contribution < -0.4 is 5.32 Å². The second-order valence-electron chi connectivity index (χ2n) is 8.55. The Morgan fingerprint density at radius 3 is 2.42 bits per heavy atom. The maximum atomic E-state index is 13.6. The van der Waals surface area contributed by atoms with E-state index < -0.39 is 6.04 Å². The van der Waals surface area contributed by atoms with E-state index in [0.29, 0.717) is 31.0 Å². The molecule has 0 heterocycles. The molecule has 0 saturated heterocycles. The summed E-state index contributed by atoms with van der Waals surface area (Å²) in [7, 11) is 0. The predicted octanol–water partition coefficient (Wildman–Crippen LogP) is 7.14. The molecule has 3 rings (SSSR count). The number of benzene rings is 3. The third-order valence-corrected chi connectivity index (χ3v) is 7.52. The molecule has 190 valence electrons. The Bertz CT molecular complexity index is 1110. The van der Waals surface area contributed by atoms with Crippen LogP contribution >= 0.6 is 39.3 Å². The summed E-state index contributed by atoms with van der Waals surface area (Å²) < 4.78 is 0.946. The number of nitrogens with zero attached hydrogens (tertiary/aromatic N) is 1. The highest BCUT2D eigenvalue weighted by molar-refractivity contribution is 9.10. The third kappa shape index (κ3) is 9.30. The molecule has 0 saturated carbocycles. The second kappa shape index (κ2) is 15.1. The molecule has 3 aromatic carbocycles. The normalized spacial score (nSPS) is 11.6. The van der Waals surface area contributed by atoms with Crippen molar-refractivity contribution in [2.45, 2.75) is 50.1 Å². The zero-order valence-corrected chi connectivity index (χ0v) is 23.6. The Labute approximate surface area is 231 Å². The van der Waals surface area contributed by atoms with Gasteiger partial charge in [-0.15, -0.1) is 11.8 Å². The summed E-state index contributed by atoms with van der Waals surface area (Å²) >= 11 is 11.2. The maximum Gasteiger partial charge on any atom is 0.243 e. The molecule has 7 heteroatoms. The molecule has 1 atom stereocenters. The Hall–Kier alpha value is -2.28. The molecule has 2 amide bonds. The standard InChI is InChI=1S/C29H32BrClN2O2S/c1-2-17-32-29(35)27(20-22-8-4-3-5-9-22)33(21-23-10-6-11-24(30)19-23)28(34)12-7-18-36-26-15-13-25(31)14-16-26/h3-6,8-11,13-16,19,27H,2,7,12,17-18,20-21H2,1H3,(H,32,35)/t27-/m0/s1. The first-order valence-corrected chi connectivity index (χ1v) is 14.4. The van der Waals surface area contributed by atoms with Crippen LogP contribution in [-0.4, -0.2) is 35.1 Å². The van der Waals surface area contributed by atoms with Crippen LogP contribution in [0, 0.1) is 0 Å². The lowest BCUT2D eigenvalue weighted by molar-refractivity contribution is -0.141. The van der Waals surface area contributed by atoms with E-state index >= 15 is 0 Å². The number of nitrogens with one attached hydrogen (secondary N) is 1. The maximum absolute atomic E-state index is 13.6. The molecule has 0 bridgehead atoms. The molecule has 0 fully saturated rings. The largest absolute Gasteiger partial charge is 0.354 e. The molecular formula is C29H32BrClN2O2S. The minimum Gasteiger partial charge on any atom is -0.354 e. The molecule has 0 unspecified atom stereocenters. The number of halogens is 2. The minimum atomic E-state index is -0.589. The van der Waals surface area contributed by atoms with Crippen LogP contribution in [0.25, 0.3) is 0 Å². The van der Waals surface area contributed by atoms with E-state index in [9.17, 15) is 9.59 Å². The summed E-state index contributed by atoms with van der Waals surface area (Å²) in [4.78, 5) is 29.8. The van der Waals surface area contributed by atoms with Crippen molar-refractivity contribution in [2.75, 3.05) is 12.3 Å². The average molecular weight is 588 g/mol. The van der Waals surface area contributed by atoms with Crippen LogP contribution in [0.1, 0.15) is 37.3 Å². The lowest BCUT2D eigenvalue weighted by atomic mass is 10.0. The molecule has 0 aliphatic rings. The molecule has 0 aromatic heterocycles. The quantitative estimate of drug-likeness (QED) is 0.171. The zero-order chi connectivity index (χ0) is 25.8. The highest BCUT2D eigenvalue weighted by atomic mass is 79.9. The SMILES string of the molecule is CCCNC(=O)[C@H](Cc1ccccc1)N(Cc1cccc(Br)c1)C(=O)CCCSc1ccc(Cl)cc1. The number of rotatable bonds is 13. The van der Waals surface area contributed by atoms with Crippen LogP contribution in [-0.2, 0) is 22.6 Å². The van der Waals surface area contributed by atoms with Crippen molar-refractivity contribution in [1.82, 2.24) is 10.2 Å².